The van der Waals surface area contributed by atoms with Crippen LogP contribution in [0.5, 0.6) is 0 Å². The van der Waals surface area contributed by atoms with Gasteiger partial charge in [0.05, 0.1) is 12.6 Å². The number of hydrogen-bond acceptors (Lipinski definition) is 2. The van der Waals surface area contributed by atoms with Crippen molar-refractivity contribution in [3.8, 4) is 0 Å². The topological polar surface area (TPSA) is 50.2 Å². The number of carboxylic acids is 1. The number of carbonyl (C=O) groups is 1. The van der Waals surface area contributed by atoms with Crippen LogP contribution in [0.25, 0.3) is 0 Å². The largest absolute Gasteiger partial charge is 0.481 e. The lowest BCUT2D eigenvalue weighted by molar-refractivity contribution is -0.142. The van der Waals surface area contributed by atoms with E-state index in [0.29, 0.717) is 12.3 Å². The molecule has 0 amide bonds. The van der Waals surface area contributed by atoms with E-state index < -0.39 is 35.6 Å². The van der Waals surface area contributed by atoms with Crippen molar-refractivity contribution in [2.24, 2.45) is 0 Å². The minimum Gasteiger partial charge on any atom is -0.481 e. The van der Waals surface area contributed by atoms with E-state index in [2.05, 4.69) is 4.98 Å². The van der Waals surface area contributed by atoms with Gasteiger partial charge in [0.2, 0.25) is 0 Å². The van der Waals surface area contributed by atoms with Crippen molar-refractivity contribution in [2.45, 2.75) is 12.6 Å². The number of halogens is 4. The van der Waals surface area contributed by atoms with Crippen LogP contribution in [0.3, 0.4) is 0 Å². The van der Waals surface area contributed by atoms with Crippen LogP contribution in [0.4, 0.5) is 17.6 Å². The minimum absolute atomic E-state index is 0.397. The first-order chi connectivity index (χ1) is 6.80. The molecular weight excluding hydrogens is 218 g/mol. The molecule has 1 aromatic heterocycles. The highest BCUT2D eigenvalue weighted by atomic mass is 19.4. The van der Waals surface area contributed by atoms with Crippen LogP contribution in [-0.4, -0.2) is 16.1 Å². The maximum absolute atomic E-state index is 12.6. The van der Waals surface area contributed by atoms with Gasteiger partial charge < -0.3 is 5.11 Å². The fourth-order valence-corrected chi connectivity index (χ4v) is 1.03. The monoisotopic (exact) mass is 223 g/mol. The number of aromatic nitrogens is 1. The van der Waals surface area contributed by atoms with Gasteiger partial charge in [-0.05, 0) is 11.6 Å². The molecule has 0 aromatic carbocycles. The predicted octanol–water partition coefficient (Wildman–Crippen LogP) is 1.87. The average molecular weight is 223 g/mol. The summed E-state index contributed by atoms with van der Waals surface area (Å²) in [5.41, 5.74) is -2.05. The number of pyridine rings is 1. The van der Waals surface area contributed by atoms with Crippen LogP contribution in [0.15, 0.2) is 12.3 Å². The van der Waals surface area contributed by atoms with Gasteiger partial charge in [0.15, 0.2) is 0 Å². The Morgan fingerprint density at radius 2 is 2.07 bits per heavy atom. The molecule has 0 saturated heterocycles. The lowest BCUT2D eigenvalue weighted by Crippen LogP contribution is -2.14. The summed E-state index contributed by atoms with van der Waals surface area (Å²) in [5, 5.41) is 8.33. The maximum atomic E-state index is 12.6. The second-order valence-corrected chi connectivity index (χ2v) is 2.73. The fourth-order valence-electron chi connectivity index (χ4n) is 1.03. The Bertz CT molecular complexity index is 389. The minimum atomic E-state index is -4.78. The second kappa shape index (κ2) is 3.84. The molecule has 0 spiro atoms. The van der Waals surface area contributed by atoms with E-state index in [9.17, 15) is 22.4 Å². The molecule has 0 unspecified atom stereocenters. The Labute approximate surface area is 81.4 Å². The summed E-state index contributed by atoms with van der Waals surface area (Å²) in [5.74, 6) is -2.48. The van der Waals surface area contributed by atoms with Gasteiger partial charge >= 0.3 is 12.1 Å². The summed E-state index contributed by atoms with van der Waals surface area (Å²) < 4.78 is 49.3. The summed E-state index contributed by atoms with van der Waals surface area (Å²) in [6.07, 6.45) is -5.30. The Morgan fingerprint density at radius 3 is 2.53 bits per heavy atom. The van der Waals surface area contributed by atoms with Crippen molar-refractivity contribution in [3.63, 3.8) is 0 Å². The molecule has 3 nitrogen and oxygen atoms in total. The van der Waals surface area contributed by atoms with Crippen molar-refractivity contribution in [1.82, 2.24) is 4.98 Å². The molecule has 7 heteroatoms. The van der Waals surface area contributed by atoms with Crippen LogP contribution in [0.1, 0.15) is 11.3 Å². The molecule has 15 heavy (non-hydrogen) atoms. The van der Waals surface area contributed by atoms with Gasteiger partial charge in [-0.1, -0.05) is 0 Å². The SMILES string of the molecule is O=C(O)Cc1cc(F)cnc1C(F)(F)F. The standard InChI is InChI=1S/C8H5F4NO2/c9-5-1-4(2-6(14)15)7(13-3-5)8(10,11)12/h1,3H,2H2,(H,14,15). The van der Waals surface area contributed by atoms with Crippen LogP contribution in [-0.2, 0) is 17.4 Å². The highest BCUT2D eigenvalue weighted by Crippen LogP contribution is 2.30. The summed E-state index contributed by atoms with van der Waals surface area (Å²) in [7, 11) is 0. The first kappa shape index (κ1) is 11.4. The quantitative estimate of drug-likeness (QED) is 0.778. The molecule has 0 aliphatic heterocycles. The van der Waals surface area contributed by atoms with Crippen molar-refractivity contribution in [3.05, 3.63) is 29.3 Å². The summed E-state index contributed by atoms with van der Waals surface area (Å²) in [6.45, 7) is 0. The zero-order valence-electron chi connectivity index (χ0n) is 7.18. The molecule has 1 aromatic rings. The molecule has 0 aliphatic carbocycles. The predicted molar refractivity (Wildman–Crippen MR) is 40.5 cm³/mol. The zero-order valence-corrected chi connectivity index (χ0v) is 7.18. The number of rotatable bonds is 2. The molecule has 0 atom stereocenters. The fraction of sp³-hybridized carbons (Fsp3) is 0.250. The summed E-state index contributed by atoms with van der Waals surface area (Å²) in [6, 6.07) is 0.518. The highest BCUT2D eigenvalue weighted by molar-refractivity contribution is 5.70. The van der Waals surface area contributed by atoms with E-state index in [1.165, 1.54) is 0 Å². The third-order valence-corrected chi connectivity index (χ3v) is 1.54. The van der Waals surface area contributed by atoms with E-state index >= 15 is 0 Å². The Hall–Kier alpha value is -1.66. The molecule has 0 fully saturated rings. The molecule has 1 N–H and O–H groups in total. The number of carboxylic acid groups (broad SMARTS) is 1. The van der Waals surface area contributed by atoms with Crippen LogP contribution < -0.4 is 0 Å². The van der Waals surface area contributed by atoms with Crippen molar-refractivity contribution >= 4 is 5.97 Å². The van der Waals surface area contributed by atoms with E-state index in [1.54, 1.807) is 0 Å². The summed E-state index contributed by atoms with van der Waals surface area (Å²) >= 11 is 0. The van der Waals surface area contributed by atoms with Gasteiger partial charge in [-0.25, -0.2) is 9.37 Å². The zero-order chi connectivity index (χ0) is 11.6. The van der Waals surface area contributed by atoms with Crippen molar-refractivity contribution in [2.75, 3.05) is 0 Å². The Balaban J connectivity index is 3.20. The van der Waals surface area contributed by atoms with Gasteiger partial charge in [0.25, 0.3) is 0 Å². The molecule has 0 bridgehead atoms. The lowest BCUT2D eigenvalue weighted by Gasteiger charge is -2.09. The van der Waals surface area contributed by atoms with Crippen molar-refractivity contribution < 1.29 is 27.5 Å². The van der Waals surface area contributed by atoms with E-state index in [1.807, 2.05) is 0 Å². The van der Waals surface area contributed by atoms with Crippen LogP contribution in [0, 0.1) is 5.82 Å². The van der Waals surface area contributed by atoms with Crippen molar-refractivity contribution in [1.29, 1.82) is 0 Å². The Morgan fingerprint density at radius 1 is 1.47 bits per heavy atom. The molecule has 82 valence electrons. The smallest absolute Gasteiger partial charge is 0.433 e. The first-order valence-corrected chi connectivity index (χ1v) is 3.74. The van der Waals surface area contributed by atoms with E-state index in [-0.39, 0.29) is 0 Å². The first-order valence-electron chi connectivity index (χ1n) is 3.74. The van der Waals surface area contributed by atoms with E-state index in [4.69, 9.17) is 5.11 Å². The van der Waals surface area contributed by atoms with Crippen LogP contribution in [0.2, 0.25) is 0 Å². The van der Waals surface area contributed by atoms with Gasteiger partial charge in [0.1, 0.15) is 11.5 Å². The average Bonchev–Trinajstić information content (AvgIpc) is 1.99. The number of hydrogen-bond donors (Lipinski definition) is 1. The van der Waals surface area contributed by atoms with Gasteiger partial charge in [-0.2, -0.15) is 13.2 Å². The molecule has 1 heterocycles. The molecule has 1 rings (SSSR count). The third-order valence-electron chi connectivity index (χ3n) is 1.54. The number of alkyl halides is 3. The van der Waals surface area contributed by atoms with Crippen LogP contribution >= 0.6 is 0 Å². The van der Waals surface area contributed by atoms with Gasteiger partial charge in [-0.15, -0.1) is 0 Å². The second-order valence-electron chi connectivity index (χ2n) is 2.73. The summed E-state index contributed by atoms with van der Waals surface area (Å²) in [4.78, 5) is 13.1. The highest BCUT2D eigenvalue weighted by Gasteiger charge is 2.35. The van der Waals surface area contributed by atoms with Gasteiger partial charge in [0, 0.05) is 0 Å². The maximum Gasteiger partial charge on any atom is 0.433 e. The number of nitrogens with zero attached hydrogens (tertiary/aromatic N) is 1. The lowest BCUT2D eigenvalue weighted by atomic mass is 10.1. The third kappa shape index (κ3) is 2.90. The molecular formula is C8H5F4NO2. The number of aliphatic carboxylic acids is 1. The molecule has 0 saturated carbocycles. The molecule has 0 aliphatic rings. The molecule has 0 radical (unpaired) electrons. The Kier molecular flexibility index (Phi) is 2.92. The normalized spacial score (nSPS) is 11.5. The van der Waals surface area contributed by atoms with Gasteiger partial charge in [-0.3, -0.25) is 4.79 Å². The van der Waals surface area contributed by atoms with E-state index in [0.717, 1.165) is 0 Å².